The van der Waals surface area contributed by atoms with Gasteiger partial charge in [-0.1, -0.05) is 64.1 Å². The molecule has 1 aromatic heterocycles. The lowest BCUT2D eigenvalue weighted by Gasteiger charge is -2.05. The van der Waals surface area contributed by atoms with Crippen LogP contribution < -0.4 is 0 Å². The summed E-state index contributed by atoms with van der Waals surface area (Å²) >= 11 is 0. The molecule has 2 aromatic carbocycles. The standard InChI is InChI=1S/C20H23N/c1-13(2)15-5-7-16(8-6-15)19-12-18-10-9-17(14(3)4)11-20(18)21-19/h5-14,21H,1-4H3. The quantitative estimate of drug-likeness (QED) is 0.597. The molecule has 0 atom stereocenters. The van der Waals surface area contributed by atoms with E-state index in [2.05, 4.69) is 81.2 Å². The molecule has 21 heavy (non-hydrogen) atoms. The van der Waals surface area contributed by atoms with Crippen LogP contribution in [0.25, 0.3) is 22.2 Å². The van der Waals surface area contributed by atoms with Crippen LogP contribution in [-0.4, -0.2) is 4.98 Å². The van der Waals surface area contributed by atoms with Crippen molar-refractivity contribution in [1.82, 2.24) is 4.98 Å². The molecule has 0 spiro atoms. The van der Waals surface area contributed by atoms with E-state index in [9.17, 15) is 0 Å². The molecule has 0 aliphatic carbocycles. The van der Waals surface area contributed by atoms with Crippen LogP contribution in [0.3, 0.4) is 0 Å². The van der Waals surface area contributed by atoms with Crippen LogP contribution in [0, 0.1) is 0 Å². The fourth-order valence-corrected chi connectivity index (χ4v) is 2.71. The highest BCUT2D eigenvalue weighted by atomic mass is 14.7. The second-order valence-corrected chi connectivity index (χ2v) is 6.46. The topological polar surface area (TPSA) is 15.8 Å². The summed E-state index contributed by atoms with van der Waals surface area (Å²) in [6, 6.07) is 17.8. The minimum absolute atomic E-state index is 0.562. The van der Waals surface area contributed by atoms with Gasteiger partial charge in [0.2, 0.25) is 0 Å². The van der Waals surface area contributed by atoms with E-state index >= 15 is 0 Å². The molecule has 0 saturated heterocycles. The fraction of sp³-hybridized carbons (Fsp3) is 0.300. The van der Waals surface area contributed by atoms with Crippen molar-refractivity contribution in [1.29, 1.82) is 0 Å². The molecule has 3 rings (SSSR count). The first-order valence-electron chi connectivity index (χ1n) is 7.77. The molecule has 0 aliphatic rings. The summed E-state index contributed by atoms with van der Waals surface area (Å²) in [4.78, 5) is 3.56. The zero-order chi connectivity index (χ0) is 15.0. The van der Waals surface area contributed by atoms with Gasteiger partial charge in [-0.05, 0) is 40.7 Å². The molecular weight excluding hydrogens is 254 g/mol. The molecule has 0 aliphatic heterocycles. The van der Waals surface area contributed by atoms with Crippen LogP contribution >= 0.6 is 0 Å². The molecule has 1 N–H and O–H groups in total. The summed E-state index contributed by atoms with van der Waals surface area (Å²) in [7, 11) is 0. The number of aromatic amines is 1. The number of nitrogens with one attached hydrogen (secondary N) is 1. The van der Waals surface area contributed by atoms with E-state index in [1.54, 1.807) is 0 Å². The third-order valence-electron chi connectivity index (χ3n) is 4.20. The average Bonchev–Trinajstić information content (AvgIpc) is 2.90. The smallest absolute Gasteiger partial charge is 0.0464 e. The number of fused-ring (bicyclic) bond motifs is 1. The maximum atomic E-state index is 3.56. The summed E-state index contributed by atoms with van der Waals surface area (Å²) in [6.07, 6.45) is 0. The Hall–Kier alpha value is -2.02. The summed E-state index contributed by atoms with van der Waals surface area (Å²) in [5.41, 5.74) is 6.44. The van der Waals surface area contributed by atoms with Crippen molar-refractivity contribution in [3.05, 3.63) is 59.7 Å². The minimum Gasteiger partial charge on any atom is -0.355 e. The lowest BCUT2D eigenvalue weighted by Crippen LogP contribution is -1.87. The van der Waals surface area contributed by atoms with Gasteiger partial charge in [-0.15, -0.1) is 0 Å². The lowest BCUT2D eigenvalue weighted by atomic mass is 10.0. The van der Waals surface area contributed by atoms with Crippen molar-refractivity contribution in [3.63, 3.8) is 0 Å². The van der Waals surface area contributed by atoms with Crippen LogP contribution in [0.1, 0.15) is 50.7 Å². The van der Waals surface area contributed by atoms with Gasteiger partial charge in [-0.25, -0.2) is 0 Å². The van der Waals surface area contributed by atoms with Crippen molar-refractivity contribution >= 4 is 10.9 Å². The van der Waals surface area contributed by atoms with E-state index in [1.165, 1.54) is 33.3 Å². The first-order valence-corrected chi connectivity index (χ1v) is 7.77. The predicted octanol–water partition coefficient (Wildman–Crippen LogP) is 6.08. The molecular formula is C20H23N. The van der Waals surface area contributed by atoms with E-state index in [4.69, 9.17) is 0 Å². The molecule has 0 amide bonds. The Bertz CT molecular complexity index is 745. The van der Waals surface area contributed by atoms with Gasteiger partial charge in [0.1, 0.15) is 0 Å². The number of hydrogen-bond donors (Lipinski definition) is 1. The van der Waals surface area contributed by atoms with E-state index < -0.39 is 0 Å². The van der Waals surface area contributed by atoms with E-state index in [0.717, 1.165) is 0 Å². The maximum absolute atomic E-state index is 3.56. The lowest BCUT2D eigenvalue weighted by molar-refractivity contribution is 0.867. The van der Waals surface area contributed by atoms with Gasteiger partial charge in [-0.3, -0.25) is 0 Å². The summed E-state index contributed by atoms with van der Waals surface area (Å²) < 4.78 is 0. The van der Waals surface area contributed by atoms with Crippen molar-refractivity contribution in [2.75, 3.05) is 0 Å². The van der Waals surface area contributed by atoms with Crippen molar-refractivity contribution in [2.45, 2.75) is 39.5 Å². The maximum Gasteiger partial charge on any atom is 0.0464 e. The van der Waals surface area contributed by atoms with Gasteiger partial charge >= 0.3 is 0 Å². The Morgan fingerprint density at radius 3 is 1.95 bits per heavy atom. The predicted molar refractivity (Wildman–Crippen MR) is 91.9 cm³/mol. The Kier molecular flexibility index (Phi) is 3.59. The normalized spacial score (nSPS) is 11.7. The molecule has 0 radical (unpaired) electrons. The van der Waals surface area contributed by atoms with Gasteiger partial charge in [-0.2, -0.15) is 0 Å². The fourth-order valence-electron chi connectivity index (χ4n) is 2.71. The second-order valence-electron chi connectivity index (χ2n) is 6.46. The first-order chi connectivity index (χ1) is 10.0. The number of H-pyrrole nitrogens is 1. The Morgan fingerprint density at radius 1 is 0.714 bits per heavy atom. The third kappa shape index (κ3) is 2.73. The van der Waals surface area contributed by atoms with Crippen molar-refractivity contribution < 1.29 is 0 Å². The Labute approximate surface area is 127 Å². The number of benzene rings is 2. The minimum atomic E-state index is 0.562. The number of hydrogen-bond acceptors (Lipinski definition) is 0. The van der Waals surface area contributed by atoms with Crippen LogP contribution in [0.15, 0.2) is 48.5 Å². The molecule has 108 valence electrons. The van der Waals surface area contributed by atoms with E-state index in [0.29, 0.717) is 11.8 Å². The zero-order valence-electron chi connectivity index (χ0n) is 13.3. The number of rotatable bonds is 3. The molecule has 0 bridgehead atoms. The second kappa shape index (κ2) is 5.40. The molecule has 0 saturated carbocycles. The molecule has 1 heterocycles. The molecule has 1 nitrogen and oxygen atoms in total. The van der Waals surface area contributed by atoms with Gasteiger partial charge in [0.25, 0.3) is 0 Å². The highest BCUT2D eigenvalue weighted by Crippen LogP contribution is 2.27. The average molecular weight is 277 g/mol. The summed E-state index contributed by atoms with van der Waals surface area (Å²) in [5, 5.41) is 1.28. The van der Waals surface area contributed by atoms with Crippen molar-refractivity contribution in [2.24, 2.45) is 0 Å². The largest absolute Gasteiger partial charge is 0.355 e. The Balaban J connectivity index is 2.00. The number of aromatic nitrogens is 1. The van der Waals surface area contributed by atoms with Gasteiger partial charge in [0.05, 0.1) is 0 Å². The molecule has 3 aromatic rings. The summed E-state index contributed by atoms with van der Waals surface area (Å²) in [6.45, 7) is 8.92. The third-order valence-corrected chi connectivity index (χ3v) is 4.20. The molecule has 1 heteroatoms. The van der Waals surface area contributed by atoms with Crippen LogP contribution in [0.2, 0.25) is 0 Å². The van der Waals surface area contributed by atoms with Gasteiger partial charge < -0.3 is 4.98 Å². The zero-order valence-corrected chi connectivity index (χ0v) is 13.3. The van der Waals surface area contributed by atoms with Crippen LogP contribution in [0.4, 0.5) is 0 Å². The monoisotopic (exact) mass is 277 g/mol. The highest BCUT2D eigenvalue weighted by molar-refractivity contribution is 5.86. The first kappa shape index (κ1) is 13.9. The summed E-state index contributed by atoms with van der Waals surface area (Å²) in [5.74, 6) is 1.14. The van der Waals surface area contributed by atoms with Crippen LogP contribution in [-0.2, 0) is 0 Å². The SMILES string of the molecule is CC(C)c1ccc(-c2cc3ccc(C(C)C)cc3[nH]2)cc1. The van der Waals surface area contributed by atoms with E-state index in [1.807, 2.05) is 0 Å². The molecule has 0 fully saturated rings. The highest BCUT2D eigenvalue weighted by Gasteiger charge is 2.06. The van der Waals surface area contributed by atoms with Gasteiger partial charge in [0, 0.05) is 16.6 Å². The molecule has 0 unspecified atom stereocenters. The van der Waals surface area contributed by atoms with Crippen molar-refractivity contribution in [3.8, 4) is 11.3 Å². The van der Waals surface area contributed by atoms with Crippen LogP contribution in [0.5, 0.6) is 0 Å². The Morgan fingerprint density at radius 2 is 1.33 bits per heavy atom. The van der Waals surface area contributed by atoms with Gasteiger partial charge in [0.15, 0.2) is 0 Å². The van der Waals surface area contributed by atoms with E-state index in [-0.39, 0.29) is 0 Å².